The summed E-state index contributed by atoms with van der Waals surface area (Å²) in [5.41, 5.74) is 0. The molecular formula is C8H14NO5. The standard InChI is InChI=1S/C8H14NO5/c1-4(11)9-5-3-14-8(7(5)13)6(12)2-10/h3,5-8,10,12-13H,2H2,1H3,(H,9,11)/t5-,6+,7+,8-/m0/s1. The Hall–Kier alpha value is -0.690. The molecule has 1 saturated heterocycles. The largest absolute Gasteiger partial charge is 0.394 e. The molecule has 0 spiro atoms. The van der Waals surface area contributed by atoms with Crippen LogP contribution in [0.4, 0.5) is 0 Å². The van der Waals surface area contributed by atoms with Gasteiger partial charge in [0.1, 0.15) is 24.9 Å². The zero-order valence-electron chi connectivity index (χ0n) is 7.75. The zero-order valence-corrected chi connectivity index (χ0v) is 7.75. The van der Waals surface area contributed by atoms with Crippen molar-refractivity contribution >= 4 is 5.91 Å². The second kappa shape index (κ2) is 4.70. The topological polar surface area (TPSA) is 99.0 Å². The number of carbonyl (C=O) groups excluding carboxylic acids is 1. The first-order valence-electron chi connectivity index (χ1n) is 4.29. The second-order valence-electron chi connectivity index (χ2n) is 3.20. The van der Waals surface area contributed by atoms with Crippen LogP contribution in [-0.4, -0.2) is 52.2 Å². The highest BCUT2D eigenvalue weighted by Crippen LogP contribution is 2.20. The molecule has 1 radical (unpaired) electrons. The van der Waals surface area contributed by atoms with Crippen LogP contribution >= 0.6 is 0 Å². The maximum absolute atomic E-state index is 10.7. The first-order valence-corrected chi connectivity index (χ1v) is 4.29. The molecule has 14 heavy (non-hydrogen) atoms. The van der Waals surface area contributed by atoms with Crippen LogP contribution in [0.3, 0.4) is 0 Å². The molecule has 81 valence electrons. The van der Waals surface area contributed by atoms with Crippen molar-refractivity contribution in [1.82, 2.24) is 5.32 Å². The molecule has 0 aliphatic carbocycles. The van der Waals surface area contributed by atoms with Gasteiger partial charge < -0.3 is 25.4 Å². The van der Waals surface area contributed by atoms with E-state index in [1.54, 1.807) is 0 Å². The van der Waals surface area contributed by atoms with E-state index in [4.69, 9.17) is 9.84 Å². The van der Waals surface area contributed by atoms with Crippen molar-refractivity contribution in [1.29, 1.82) is 0 Å². The number of rotatable bonds is 3. The molecule has 0 aromatic heterocycles. The summed E-state index contributed by atoms with van der Waals surface area (Å²) in [6, 6.07) is -0.640. The Kier molecular flexibility index (Phi) is 3.82. The monoisotopic (exact) mass is 204 g/mol. The minimum absolute atomic E-state index is 0.298. The van der Waals surface area contributed by atoms with Crippen molar-refractivity contribution in [2.75, 3.05) is 6.61 Å². The van der Waals surface area contributed by atoms with Crippen molar-refractivity contribution in [2.24, 2.45) is 0 Å². The Morgan fingerprint density at radius 1 is 1.71 bits per heavy atom. The maximum Gasteiger partial charge on any atom is 0.217 e. The van der Waals surface area contributed by atoms with Crippen LogP contribution in [0.5, 0.6) is 0 Å². The van der Waals surface area contributed by atoms with E-state index in [0.717, 1.165) is 0 Å². The van der Waals surface area contributed by atoms with E-state index < -0.39 is 31.0 Å². The number of hydrogen-bond donors (Lipinski definition) is 4. The van der Waals surface area contributed by atoms with E-state index in [2.05, 4.69) is 5.32 Å². The van der Waals surface area contributed by atoms with Crippen LogP contribution in [0.15, 0.2) is 0 Å². The number of ether oxygens (including phenoxy) is 1. The van der Waals surface area contributed by atoms with Gasteiger partial charge in [-0.3, -0.25) is 4.79 Å². The van der Waals surface area contributed by atoms with Crippen LogP contribution in [0.1, 0.15) is 6.92 Å². The predicted octanol–water partition coefficient (Wildman–Crippen LogP) is -2.23. The molecule has 0 saturated carbocycles. The molecule has 1 aliphatic heterocycles. The highest BCUT2D eigenvalue weighted by molar-refractivity contribution is 5.73. The number of aliphatic hydroxyl groups excluding tert-OH is 3. The van der Waals surface area contributed by atoms with Gasteiger partial charge in [0.05, 0.1) is 12.6 Å². The smallest absolute Gasteiger partial charge is 0.217 e. The lowest BCUT2D eigenvalue weighted by Crippen LogP contribution is -2.46. The molecule has 6 nitrogen and oxygen atoms in total. The highest BCUT2D eigenvalue weighted by Gasteiger charge is 2.40. The van der Waals surface area contributed by atoms with Crippen molar-refractivity contribution in [3.8, 4) is 0 Å². The van der Waals surface area contributed by atoms with Crippen molar-refractivity contribution in [2.45, 2.75) is 31.3 Å². The number of aliphatic hydroxyl groups is 3. The van der Waals surface area contributed by atoms with Crippen molar-refractivity contribution < 1.29 is 24.9 Å². The average Bonchev–Trinajstić information content (AvgIpc) is 2.46. The fourth-order valence-electron chi connectivity index (χ4n) is 1.32. The van der Waals surface area contributed by atoms with Gasteiger partial charge in [-0.1, -0.05) is 0 Å². The predicted molar refractivity (Wildman–Crippen MR) is 45.9 cm³/mol. The van der Waals surface area contributed by atoms with E-state index in [1.165, 1.54) is 13.5 Å². The Balaban J connectivity index is 2.50. The molecular weight excluding hydrogens is 190 g/mol. The lowest BCUT2D eigenvalue weighted by molar-refractivity contribution is -0.120. The van der Waals surface area contributed by atoms with Crippen LogP contribution < -0.4 is 5.32 Å². The Morgan fingerprint density at radius 2 is 2.36 bits per heavy atom. The third-order valence-electron chi connectivity index (χ3n) is 2.02. The molecule has 1 fully saturated rings. The van der Waals surface area contributed by atoms with Gasteiger partial charge in [-0.25, -0.2) is 0 Å². The fourth-order valence-corrected chi connectivity index (χ4v) is 1.32. The SMILES string of the molecule is CC(=O)N[C@H]1[CH]O[C@@H]([C@H](O)CO)[C@@H]1O. The van der Waals surface area contributed by atoms with Gasteiger partial charge in [-0.15, -0.1) is 0 Å². The minimum atomic E-state index is -1.15. The summed E-state index contributed by atoms with van der Waals surface area (Å²) in [7, 11) is 0. The molecule has 1 heterocycles. The molecule has 0 aromatic rings. The molecule has 6 heteroatoms. The molecule has 0 bridgehead atoms. The molecule has 1 rings (SSSR count). The lowest BCUT2D eigenvalue weighted by Gasteiger charge is -2.20. The lowest BCUT2D eigenvalue weighted by atomic mass is 10.1. The van der Waals surface area contributed by atoms with Gasteiger partial charge >= 0.3 is 0 Å². The van der Waals surface area contributed by atoms with Crippen LogP contribution in [-0.2, 0) is 9.53 Å². The van der Waals surface area contributed by atoms with Crippen molar-refractivity contribution in [3.63, 3.8) is 0 Å². The fraction of sp³-hybridized carbons (Fsp3) is 0.750. The molecule has 0 aromatic carbocycles. The third-order valence-corrected chi connectivity index (χ3v) is 2.02. The molecule has 1 aliphatic rings. The Morgan fingerprint density at radius 3 is 2.86 bits per heavy atom. The summed E-state index contributed by atoms with van der Waals surface area (Å²) < 4.78 is 4.93. The van der Waals surface area contributed by atoms with Crippen LogP contribution in [0.2, 0.25) is 0 Å². The van der Waals surface area contributed by atoms with Gasteiger partial charge in [0, 0.05) is 6.92 Å². The maximum atomic E-state index is 10.7. The number of amides is 1. The molecule has 1 amide bonds. The van der Waals surface area contributed by atoms with E-state index in [0.29, 0.717) is 0 Å². The summed E-state index contributed by atoms with van der Waals surface area (Å²) in [4.78, 5) is 10.7. The van der Waals surface area contributed by atoms with E-state index >= 15 is 0 Å². The first kappa shape index (κ1) is 11.4. The summed E-state index contributed by atoms with van der Waals surface area (Å²) in [6.07, 6.45) is -3.09. The van der Waals surface area contributed by atoms with Crippen LogP contribution in [0.25, 0.3) is 0 Å². The number of nitrogens with one attached hydrogen (secondary N) is 1. The second-order valence-corrected chi connectivity index (χ2v) is 3.20. The summed E-state index contributed by atoms with van der Waals surface area (Å²) in [5, 5.41) is 29.8. The van der Waals surface area contributed by atoms with Gasteiger partial charge in [0.25, 0.3) is 0 Å². The summed E-state index contributed by atoms with van der Waals surface area (Å²) in [6.45, 7) is 2.06. The van der Waals surface area contributed by atoms with Crippen molar-refractivity contribution in [3.05, 3.63) is 6.61 Å². The van der Waals surface area contributed by atoms with E-state index in [-0.39, 0.29) is 5.91 Å². The molecule has 4 N–H and O–H groups in total. The number of hydrogen-bond acceptors (Lipinski definition) is 5. The Labute approximate surface area is 81.5 Å². The van der Waals surface area contributed by atoms with Gasteiger partial charge in [0.15, 0.2) is 0 Å². The van der Waals surface area contributed by atoms with Gasteiger partial charge in [-0.05, 0) is 0 Å². The third kappa shape index (κ3) is 2.42. The van der Waals surface area contributed by atoms with Gasteiger partial charge in [-0.2, -0.15) is 0 Å². The van der Waals surface area contributed by atoms with Crippen LogP contribution in [0, 0.1) is 6.61 Å². The zero-order chi connectivity index (χ0) is 10.7. The molecule has 0 unspecified atom stereocenters. The Bertz CT molecular complexity index is 210. The summed E-state index contributed by atoms with van der Waals surface area (Å²) >= 11 is 0. The quantitative estimate of drug-likeness (QED) is 0.417. The number of carbonyl (C=O) groups is 1. The average molecular weight is 204 g/mol. The minimum Gasteiger partial charge on any atom is -0.394 e. The molecule has 4 atom stereocenters. The van der Waals surface area contributed by atoms with E-state index in [1.807, 2.05) is 0 Å². The summed E-state index contributed by atoms with van der Waals surface area (Å²) in [5.74, 6) is -0.298. The highest BCUT2D eigenvalue weighted by atomic mass is 16.5. The first-order chi connectivity index (χ1) is 6.56. The van der Waals surface area contributed by atoms with E-state index in [9.17, 15) is 15.0 Å². The normalized spacial score (nSPS) is 34.1. The van der Waals surface area contributed by atoms with Gasteiger partial charge in [0.2, 0.25) is 5.91 Å².